The van der Waals surface area contributed by atoms with E-state index in [1.807, 2.05) is 45.0 Å². The zero-order valence-electron chi connectivity index (χ0n) is 12.5. The summed E-state index contributed by atoms with van der Waals surface area (Å²) in [5.74, 6) is 0.242. The molecule has 1 unspecified atom stereocenters. The molecule has 20 heavy (non-hydrogen) atoms. The summed E-state index contributed by atoms with van der Waals surface area (Å²) in [5.41, 5.74) is 7.50. The third-order valence-corrected chi connectivity index (χ3v) is 3.39. The van der Waals surface area contributed by atoms with Crippen LogP contribution in [-0.2, 0) is 4.79 Å². The highest BCUT2D eigenvalue weighted by Gasteiger charge is 2.19. The highest BCUT2D eigenvalue weighted by Crippen LogP contribution is 2.21. The minimum absolute atomic E-state index is 0.0968. The van der Waals surface area contributed by atoms with Crippen molar-refractivity contribution in [3.05, 3.63) is 29.8 Å². The largest absolute Gasteiger partial charge is 0.399 e. The number of anilines is 1. The Kier molecular flexibility index (Phi) is 6.05. The summed E-state index contributed by atoms with van der Waals surface area (Å²) in [6, 6.07) is 9.84. The quantitative estimate of drug-likeness (QED) is 0.810. The molecule has 4 nitrogen and oxygen atoms in total. The Morgan fingerprint density at radius 2 is 1.90 bits per heavy atom. The first-order valence-corrected chi connectivity index (χ1v) is 6.97. The SMILES string of the molecule is CC(CC(=O)N(CCC#N)C(C)C)c1ccc(N)cc1. The van der Waals surface area contributed by atoms with Crippen LogP contribution in [0.5, 0.6) is 0 Å². The second-order valence-corrected chi connectivity index (χ2v) is 5.36. The third kappa shape index (κ3) is 4.58. The summed E-state index contributed by atoms with van der Waals surface area (Å²) in [6.07, 6.45) is 0.827. The minimum Gasteiger partial charge on any atom is -0.399 e. The maximum Gasteiger partial charge on any atom is 0.223 e. The molecule has 1 aromatic carbocycles. The molecule has 0 spiro atoms. The van der Waals surface area contributed by atoms with Crippen molar-refractivity contribution in [1.82, 2.24) is 4.90 Å². The van der Waals surface area contributed by atoms with Crippen LogP contribution >= 0.6 is 0 Å². The van der Waals surface area contributed by atoms with Crippen LogP contribution in [0, 0.1) is 11.3 Å². The van der Waals surface area contributed by atoms with Crippen molar-refractivity contribution in [1.29, 1.82) is 5.26 Å². The van der Waals surface area contributed by atoms with Crippen LogP contribution in [0.3, 0.4) is 0 Å². The van der Waals surface area contributed by atoms with E-state index < -0.39 is 0 Å². The van der Waals surface area contributed by atoms with Crippen LogP contribution in [0.4, 0.5) is 5.69 Å². The van der Waals surface area contributed by atoms with E-state index in [4.69, 9.17) is 11.0 Å². The predicted molar refractivity (Wildman–Crippen MR) is 81.0 cm³/mol. The average Bonchev–Trinajstić information content (AvgIpc) is 2.39. The Balaban J connectivity index is 2.67. The molecule has 0 heterocycles. The normalized spacial score (nSPS) is 11.9. The number of amides is 1. The number of carbonyl (C=O) groups is 1. The van der Waals surface area contributed by atoms with Crippen LogP contribution in [-0.4, -0.2) is 23.4 Å². The van der Waals surface area contributed by atoms with Crippen molar-refractivity contribution >= 4 is 11.6 Å². The number of nitriles is 1. The molecule has 0 aliphatic heterocycles. The van der Waals surface area contributed by atoms with Gasteiger partial charge in [0.2, 0.25) is 5.91 Å². The lowest BCUT2D eigenvalue weighted by atomic mass is 9.96. The summed E-state index contributed by atoms with van der Waals surface area (Å²) in [7, 11) is 0. The minimum atomic E-state index is 0.0968. The monoisotopic (exact) mass is 273 g/mol. The molecule has 1 amide bonds. The molecular formula is C16H23N3O. The van der Waals surface area contributed by atoms with E-state index in [2.05, 4.69) is 6.07 Å². The fraction of sp³-hybridized carbons (Fsp3) is 0.500. The van der Waals surface area contributed by atoms with Crippen molar-refractivity contribution in [3.63, 3.8) is 0 Å². The second-order valence-electron chi connectivity index (χ2n) is 5.36. The van der Waals surface area contributed by atoms with Gasteiger partial charge in [-0.3, -0.25) is 4.79 Å². The number of benzene rings is 1. The number of hydrogen-bond donors (Lipinski definition) is 1. The molecule has 0 saturated carbocycles. The molecule has 1 aromatic rings. The first-order valence-electron chi connectivity index (χ1n) is 6.97. The highest BCUT2D eigenvalue weighted by atomic mass is 16.2. The highest BCUT2D eigenvalue weighted by molar-refractivity contribution is 5.77. The molecule has 0 bridgehead atoms. The maximum absolute atomic E-state index is 12.3. The standard InChI is InChI=1S/C16H23N3O/c1-12(2)19(10-4-9-17)16(20)11-13(3)14-5-7-15(18)8-6-14/h5-8,12-13H,4,10-11,18H2,1-3H3. The molecular weight excluding hydrogens is 250 g/mol. The molecule has 0 aliphatic rings. The Bertz CT molecular complexity index is 473. The molecule has 108 valence electrons. The van der Waals surface area contributed by atoms with Crippen LogP contribution in [0.25, 0.3) is 0 Å². The van der Waals surface area contributed by atoms with E-state index in [1.165, 1.54) is 0 Å². The van der Waals surface area contributed by atoms with Gasteiger partial charge in [0.1, 0.15) is 0 Å². The van der Waals surface area contributed by atoms with Gasteiger partial charge in [-0.1, -0.05) is 19.1 Å². The van der Waals surface area contributed by atoms with Gasteiger partial charge in [0.15, 0.2) is 0 Å². The van der Waals surface area contributed by atoms with Crippen molar-refractivity contribution < 1.29 is 4.79 Å². The van der Waals surface area contributed by atoms with E-state index in [1.54, 1.807) is 4.90 Å². The molecule has 2 N–H and O–H groups in total. The van der Waals surface area contributed by atoms with Gasteiger partial charge in [0.25, 0.3) is 0 Å². The predicted octanol–water partition coefficient (Wildman–Crippen LogP) is 2.91. The lowest BCUT2D eigenvalue weighted by Gasteiger charge is -2.27. The van der Waals surface area contributed by atoms with Gasteiger partial charge in [-0.15, -0.1) is 0 Å². The molecule has 4 heteroatoms. The summed E-state index contributed by atoms with van der Waals surface area (Å²) >= 11 is 0. The van der Waals surface area contributed by atoms with Gasteiger partial charge < -0.3 is 10.6 Å². The van der Waals surface area contributed by atoms with Gasteiger partial charge in [-0.2, -0.15) is 5.26 Å². The number of carbonyl (C=O) groups excluding carboxylic acids is 1. The molecule has 0 radical (unpaired) electrons. The number of hydrogen-bond acceptors (Lipinski definition) is 3. The molecule has 0 saturated heterocycles. The summed E-state index contributed by atoms with van der Waals surface area (Å²) in [4.78, 5) is 14.1. The fourth-order valence-electron chi connectivity index (χ4n) is 2.16. The summed E-state index contributed by atoms with van der Waals surface area (Å²) < 4.78 is 0. The number of nitrogen functional groups attached to an aromatic ring is 1. The Morgan fingerprint density at radius 3 is 2.40 bits per heavy atom. The zero-order valence-corrected chi connectivity index (χ0v) is 12.5. The van der Waals surface area contributed by atoms with Crippen LogP contribution < -0.4 is 5.73 Å². The van der Waals surface area contributed by atoms with Gasteiger partial charge in [-0.05, 0) is 37.5 Å². The summed E-state index contributed by atoms with van der Waals surface area (Å²) in [5, 5.41) is 8.66. The van der Waals surface area contributed by atoms with Gasteiger partial charge >= 0.3 is 0 Å². The van der Waals surface area contributed by atoms with Crippen molar-refractivity contribution in [2.45, 2.75) is 45.6 Å². The Labute approximate surface area is 121 Å². The number of rotatable bonds is 6. The van der Waals surface area contributed by atoms with Crippen molar-refractivity contribution in [2.24, 2.45) is 0 Å². The van der Waals surface area contributed by atoms with Gasteiger partial charge in [-0.25, -0.2) is 0 Å². The Hall–Kier alpha value is -2.02. The maximum atomic E-state index is 12.3. The molecule has 0 aliphatic carbocycles. The van der Waals surface area contributed by atoms with E-state index in [-0.39, 0.29) is 17.9 Å². The van der Waals surface area contributed by atoms with E-state index in [0.717, 1.165) is 11.3 Å². The number of nitrogens with two attached hydrogens (primary N) is 1. The Morgan fingerprint density at radius 1 is 1.30 bits per heavy atom. The van der Waals surface area contributed by atoms with Gasteiger partial charge in [0, 0.05) is 24.7 Å². The fourth-order valence-corrected chi connectivity index (χ4v) is 2.16. The smallest absolute Gasteiger partial charge is 0.223 e. The van der Waals surface area contributed by atoms with Crippen molar-refractivity contribution in [3.8, 4) is 6.07 Å². The number of nitrogens with zero attached hydrogens (tertiary/aromatic N) is 2. The van der Waals surface area contributed by atoms with Crippen LogP contribution in [0.15, 0.2) is 24.3 Å². The first-order chi connectivity index (χ1) is 9.45. The lowest BCUT2D eigenvalue weighted by molar-refractivity contribution is -0.133. The zero-order chi connectivity index (χ0) is 15.1. The lowest BCUT2D eigenvalue weighted by Crippen LogP contribution is -2.38. The van der Waals surface area contributed by atoms with E-state index in [9.17, 15) is 4.79 Å². The third-order valence-electron chi connectivity index (χ3n) is 3.39. The van der Waals surface area contributed by atoms with E-state index >= 15 is 0 Å². The molecule has 1 rings (SSSR count). The topological polar surface area (TPSA) is 70.1 Å². The molecule has 0 fully saturated rings. The van der Waals surface area contributed by atoms with Crippen molar-refractivity contribution in [2.75, 3.05) is 12.3 Å². The second kappa shape index (κ2) is 7.54. The first kappa shape index (κ1) is 16.0. The van der Waals surface area contributed by atoms with Gasteiger partial charge in [0.05, 0.1) is 12.5 Å². The van der Waals surface area contributed by atoms with E-state index in [0.29, 0.717) is 19.4 Å². The average molecular weight is 273 g/mol. The summed E-state index contributed by atoms with van der Waals surface area (Å²) in [6.45, 7) is 6.49. The van der Waals surface area contributed by atoms with Crippen LogP contribution in [0.1, 0.15) is 45.1 Å². The van der Waals surface area contributed by atoms with Crippen LogP contribution in [0.2, 0.25) is 0 Å². The molecule has 0 aromatic heterocycles. The molecule has 1 atom stereocenters.